The molecule has 1 aliphatic rings. The third kappa shape index (κ3) is 4.94. The predicted octanol–water partition coefficient (Wildman–Crippen LogP) is 4.60. The Morgan fingerprint density at radius 3 is 2.43 bits per heavy atom. The number of hydrogen-bond donors (Lipinski definition) is 2. The summed E-state index contributed by atoms with van der Waals surface area (Å²) < 4.78 is 2.05. The van der Waals surface area contributed by atoms with E-state index in [1.54, 1.807) is 0 Å². The van der Waals surface area contributed by atoms with Gasteiger partial charge in [-0.15, -0.1) is 0 Å². The number of hydrogen-bond acceptors (Lipinski definition) is 4. The molecule has 1 amide bonds. The van der Waals surface area contributed by atoms with E-state index in [0.29, 0.717) is 30.9 Å². The maximum absolute atomic E-state index is 13.2. The molecule has 0 spiro atoms. The number of carbonyl (C=O) groups is 1. The standard InChI is InChI=1S/C29H28N4O2/c1-21-27(29(35)33(31-21)24-12-6-3-7-13-24)16-23-19-32(28-15-9-8-14-26(23)28)20-25(34)18-30-17-22-10-4-2-5-11-22/h2-16,19,25,30,34H,17-18,20H2,1H3/b27-16+/t25-/m0/s1. The lowest BCUT2D eigenvalue weighted by Gasteiger charge is -2.14. The molecule has 6 heteroatoms. The van der Waals surface area contributed by atoms with Crippen LogP contribution in [0.4, 0.5) is 5.69 Å². The van der Waals surface area contributed by atoms with Crippen LogP contribution in [0.5, 0.6) is 0 Å². The van der Waals surface area contributed by atoms with Gasteiger partial charge in [0.2, 0.25) is 0 Å². The van der Waals surface area contributed by atoms with Crippen LogP contribution >= 0.6 is 0 Å². The van der Waals surface area contributed by atoms with Gasteiger partial charge in [-0.05, 0) is 36.8 Å². The predicted molar refractivity (Wildman–Crippen MR) is 141 cm³/mol. The van der Waals surface area contributed by atoms with Gasteiger partial charge in [0.05, 0.1) is 23.1 Å². The summed E-state index contributed by atoms with van der Waals surface area (Å²) in [6.45, 7) is 3.49. The highest BCUT2D eigenvalue weighted by molar-refractivity contribution is 6.32. The van der Waals surface area contributed by atoms with Crippen molar-refractivity contribution < 1.29 is 9.90 Å². The second-order valence-corrected chi connectivity index (χ2v) is 8.72. The zero-order valence-corrected chi connectivity index (χ0v) is 19.6. The molecule has 176 valence electrons. The highest BCUT2D eigenvalue weighted by atomic mass is 16.3. The normalized spacial score (nSPS) is 15.7. The number of aliphatic hydroxyl groups excluding tert-OH is 1. The largest absolute Gasteiger partial charge is 0.390 e. The van der Waals surface area contributed by atoms with Gasteiger partial charge in [-0.2, -0.15) is 10.1 Å². The molecule has 1 aromatic heterocycles. The van der Waals surface area contributed by atoms with Crippen molar-refractivity contribution in [2.45, 2.75) is 26.1 Å². The van der Waals surface area contributed by atoms with Gasteiger partial charge in [-0.3, -0.25) is 4.79 Å². The van der Waals surface area contributed by atoms with Crippen LogP contribution in [-0.2, 0) is 17.9 Å². The second-order valence-electron chi connectivity index (χ2n) is 8.72. The molecule has 0 saturated carbocycles. The van der Waals surface area contributed by atoms with Crippen LogP contribution in [0.15, 0.2) is 102 Å². The van der Waals surface area contributed by atoms with Crippen molar-refractivity contribution in [3.8, 4) is 0 Å². The maximum Gasteiger partial charge on any atom is 0.280 e. The van der Waals surface area contributed by atoms with Crippen LogP contribution in [0.25, 0.3) is 17.0 Å². The molecule has 6 nitrogen and oxygen atoms in total. The molecular formula is C29H28N4O2. The summed E-state index contributed by atoms with van der Waals surface area (Å²) in [5.41, 5.74) is 5.12. The molecule has 0 bridgehead atoms. The number of carbonyl (C=O) groups excluding carboxylic acids is 1. The van der Waals surface area contributed by atoms with Gasteiger partial charge in [-0.1, -0.05) is 66.7 Å². The summed E-state index contributed by atoms with van der Waals surface area (Å²) in [7, 11) is 0. The summed E-state index contributed by atoms with van der Waals surface area (Å²) in [6, 6.07) is 27.6. The third-order valence-corrected chi connectivity index (χ3v) is 6.14. The van der Waals surface area contributed by atoms with Crippen LogP contribution in [0.3, 0.4) is 0 Å². The van der Waals surface area contributed by atoms with Gasteiger partial charge < -0.3 is 15.0 Å². The zero-order chi connectivity index (χ0) is 24.2. The molecule has 35 heavy (non-hydrogen) atoms. The van der Waals surface area contributed by atoms with E-state index < -0.39 is 6.10 Å². The fourth-order valence-corrected chi connectivity index (χ4v) is 4.40. The number of nitrogens with one attached hydrogen (secondary N) is 1. The summed E-state index contributed by atoms with van der Waals surface area (Å²) in [5, 5.41) is 21.0. The van der Waals surface area contributed by atoms with Crippen molar-refractivity contribution in [3.63, 3.8) is 0 Å². The molecule has 0 unspecified atom stereocenters. The average Bonchev–Trinajstić information content (AvgIpc) is 3.37. The fraction of sp³-hybridized carbons (Fsp3) is 0.172. The van der Waals surface area contributed by atoms with E-state index in [0.717, 1.165) is 22.2 Å². The number of nitrogens with zero attached hydrogens (tertiary/aromatic N) is 3. The SMILES string of the molecule is CC1=NN(c2ccccc2)C(=O)/C1=C/c1cn(C[C@@H](O)CNCc2ccccc2)c2ccccc12. The van der Waals surface area contributed by atoms with Crippen molar-refractivity contribution in [1.82, 2.24) is 9.88 Å². The highest BCUT2D eigenvalue weighted by Gasteiger charge is 2.29. The number of hydrazone groups is 1. The molecule has 1 aliphatic heterocycles. The van der Waals surface area contributed by atoms with Crippen molar-refractivity contribution >= 4 is 34.3 Å². The van der Waals surface area contributed by atoms with Gasteiger partial charge in [-0.25, -0.2) is 0 Å². The summed E-state index contributed by atoms with van der Waals surface area (Å²) in [6.07, 6.45) is 3.35. The molecule has 3 aromatic carbocycles. The molecule has 5 rings (SSSR count). The van der Waals surface area contributed by atoms with Crippen LogP contribution in [0, 0.1) is 0 Å². The Labute approximate surface area is 204 Å². The molecule has 2 N–H and O–H groups in total. The topological polar surface area (TPSA) is 69.9 Å². The number of benzene rings is 3. The monoisotopic (exact) mass is 464 g/mol. The Hall–Kier alpha value is -4.00. The van der Waals surface area contributed by atoms with E-state index >= 15 is 0 Å². The quantitative estimate of drug-likeness (QED) is 0.375. The number of rotatable bonds is 8. The molecule has 0 radical (unpaired) electrons. The van der Waals surface area contributed by atoms with Crippen LogP contribution in [-0.4, -0.2) is 33.9 Å². The lowest BCUT2D eigenvalue weighted by molar-refractivity contribution is -0.114. The van der Waals surface area contributed by atoms with Crippen LogP contribution in [0.1, 0.15) is 18.1 Å². The first-order chi connectivity index (χ1) is 17.1. The number of aliphatic hydroxyl groups is 1. The van der Waals surface area contributed by atoms with Crippen molar-refractivity contribution in [2.75, 3.05) is 11.6 Å². The number of anilines is 1. The Kier molecular flexibility index (Phi) is 6.57. The van der Waals surface area contributed by atoms with Crippen LogP contribution < -0.4 is 10.3 Å². The molecule has 0 saturated heterocycles. The van der Waals surface area contributed by atoms with Gasteiger partial charge in [0.25, 0.3) is 5.91 Å². The minimum Gasteiger partial charge on any atom is -0.390 e. The smallest absolute Gasteiger partial charge is 0.280 e. The van der Waals surface area contributed by atoms with E-state index in [4.69, 9.17) is 0 Å². The third-order valence-electron chi connectivity index (χ3n) is 6.14. The molecule has 0 aliphatic carbocycles. The minimum atomic E-state index is -0.556. The molecule has 4 aromatic rings. The number of fused-ring (bicyclic) bond motifs is 1. The van der Waals surface area contributed by atoms with E-state index in [-0.39, 0.29) is 5.91 Å². The van der Waals surface area contributed by atoms with Gasteiger partial charge in [0, 0.05) is 42.3 Å². The molecule has 0 fully saturated rings. The first kappa shape index (κ1) is 22.8. The first-order valence-electron chi connectivity index (χ1n) is 11.8. The fourth-order valence-electron chi connectivity index (χ4n) is 4.40. The summed E-state index contributed by atoms with van der Waals surface area (Å²) in [4.78, 5) is 13.2. The molecule has 2 heterocycles. The van der Waals surface area contributed by atoms with E-state index in [1.807, 2.05) is 92.0 Å². The second kappa shape index (κ2) is 10.1. The zero-order valence-electron chi connectivity index (χ0n) is 19.6. The van der Waals surface area contributed by atoms with Crippen molar-refractivity contribution in [3.05, 3.63) is 108 Å². The number of aromatic nitrogens is 1. The lowest BCUT2D eigenvalue weighted by atomic mass is 10.1. The summed E-state index contributed by atoms with van der Waals surface area (Å²) in [5.74, 6) is -0.143. The van der Waals surface area contributed by atoms with Crippen molar-refractivity contribution in [2.24, 2.45) is 5.10 Å². The molecular weight excluding hydrogens is 436 g/mol. The van der Waals surface area contributed by atoms with E-state index in [1.165, 1.54) is 10.6 Å². The molecule has 1 atom stereocenters. The Balaban J connectivity index is 1.35. The Morgan fingerprint density at radius 2 is 1.66 bits per heavy atom. The van der Waals surface area contributed by atoms with Crippen molar-refractivity contribution in [1.29, 1.82) is 0 Å². The van der Waals surface area contributed by atoms with Gasteiger partial charge >= 0.3 is 0 Å². The van der Waals surface area contributed by atoms with E-state index in [2.05, 4.69) is 27.1 Å². The lowest BCUT2D eigenvalue weighted by Crippen LogP contribution is -2.29. The van der Waals surface area contributed by atoms with E-state index in [9.17, 15) is 9.90 Å². The number of amides is 1. The minimum absolute atomic E-state index is 0.143. The Morgan fingerprint density at radius 1 is 0.971 bits per heavy atom. The highest BCUT2D eigenvalue weighted by Crippen LogP contribution is 2.28. The average molecular weight is 465 g/mol. The first-order valence-corrected chi connectivity index (χ1v) is 11.8. The Bertz CT molecular complexity index is 1390. The maximum atomic E-state index is 13.2. The number of para-hydroxylation sites is 2. The van der Waals surface area contributed by atoms with Gasteiger partial charge in [0.1, 0.15) is 0 Å². The van der Waals surface area contributed by atoms with Gasteiger partial charge in [0.15, 0.2) is 0 Å². The summed E-state index contributed by atoms with van der Waals surface area (Å²) >= 11 is 0. The van der Waals surface area contributed by atoms with Crippen LogP contribution in [0.2, 0.25) is 0 Å².